The summed E-state index contributed by atoms with van der Waals surface area (Å²) in [4.78, 5) is 0. The van der Waals surface area contributed by atoms with Crippen molar-refractivity contribution in [2.45, 2.75) is 12.3 Å². The number of halogens is 4. The van der Waals surface area contributed by atoms with Crippen molar-refractivity contribution in [2.24, 2.45) is 0 Å². The molecule has 2 aromatic rings. The second-order valence-corrected chi connectivity index (χ2v) is 4.26. The first kappa shape index (κ1) is 14.3. The van der Waals surface area contributed by atoms with Gasteiger partial charge in [0.1, 0.15) is 11.9 Å². The Morgan fingerprint density at radius 3 is 2.30 bits per heavy atom. The van der Waals surface area contributed by atoms with Crippen molar-refractivity contribution in [1.29, 1.82) is 0 Å². The smallest absolute Gasteiger partial charge is 0.398 e. The van der Waals surface area contributed by atoms with E-state index in [0.717, 1.165) is 24.3 Å². The minimum Gasteiger partial charge on any atom is -0.398 e. The van der Waals surface area contributed by atoms with Crippen LogP contribution in [0, 0.1) is 5.82 Å². The molecule has 0 heterocycles. The van der Waals surface area contributed by atoms with Crippen LogP contribution in [-0.2, 0) is 6.18 Å². The Hall–Kier alpha value is -2.08. The molecule has 1 unspecified atom stereocenters. The number of nitrogens with two attached hydrogens (primary N) is 1. The molecular formula is C14H11F4NO. The molecule has 0 bridgehead atoms. The van der Waals surface area contributed by atoms with Gasteiger partial charge >= 0.3 is 6.18 Å². The lowest BCUT2D eigenvalue weighted by Gasteiger charge is -2.19. The maximum atomic E-state index is 13.2. The molecule has 0 aliphatic carbocycles. The van der Waals surface area contributed by atoms with E-state index in [2.05, 4.69) is 0 Å². The largest absolute Gasteiger partial charge is 0.416 e. The normalized spacial score (nSPS) is 13.2. The van der Waals surface area contributed by atoms with E-state index < -0.39 is 23.7 Å². The van der Waals surface area contributed by atoms with E-state index in [0.29, 0.717) is 0 Å². The van der Waals surface area contributed by atoms with Crippen LogP contribution >= 0.6 is 0 Å². The fourth-order valence-electron chi connectivity index (χ4n) is 1.94. The maximum Gasteiger partial charge on any atom is 0.416 e. The summed E-state index contributed by atoms with van der Waals surface area (Å²) in [5.41, 5.74) is 4.17. The number of rotatable bonds is 2. The highest BCUT2D eigenvalue weighted by molar-refractivity contribution is 5.51. The lowest BCUT2D eigenvalue weighted by atomic mass is 9.95. The van der Waals surface area contributed by atoms with Gasteiger partial charge in [0.05, 0.1) is 5.56 Å². The van der Waals surface area contributed by atoms with Crippen molar-refractivity contribution in [1.82, 2.24) is 0 Å². The molecule has 20 heavy (non-hydrogen) atoms. The Bertz CT molecular complexity index is 625. The van der Waals surface area contributed by atoms with E-state index in [1.807, 2.05) is 0 Å². The van der Waals surface area contributed by atoms with Crippen LogP contribution in [0.1, 0.15) is 22.8 Å². The van der Waals surface area contributed by atoms with Crippen molar-refractivity contribution in [3.05, 3.63) is 65.0 Å². The van der Waals surface area contributed by atoms with Crippen LogP contribution in [0.25, 0.3) is 0 Å². The van der Waals surface area contributed by atoms with E-state index in [1.165, 1.54) is 18.2 Å². The number of aliphatic hydroxyl groups is 1. The number of benzene rings is 2. The zero-order valence-electron chi connectivity index (χ0n) is 10.2. The van der Waals surface area contributed by atoms with Crippen LogP contribution in [0.4, 0.5) is 23.2 Å². The van der Waals surface area contributed by atoms with Gasteiger partial charge < -0.3 is 10.8 Å². The summed E-state index contributed by atoms with van der Waals surface area (Å²) in [6.45, 7) is 0. The molecule has 2 nitrogen and oxygen atoms in total. The summed E-state index contributed by atoms with van der Waals surface area (Å²) in [6.07, 6.45) is -6.26. The zero-order valence-corrected chi connectivity index (χ0v) is 10.2. The van der Waals surface area contributed by atoms with Crippen LogP contribution in [0.2, 0.25) is 0 Å². The van der Waals surface area contributed by atoms with Gasteiger partial charge in [0.2, 0.25) is 0 Å². The molecule has 0 spiro atoms. The van der Waals surface area contributed by atoms with Gasteiger partial charge in [0.25, 0.3) is 0 Å². The predicted molar refractivity (Wildman–Crippen MR) is 66.3 cm³/mol. The van der Waals surface area contributed by atoms with Gasteiger partial charge in [-0.1, -0.05) is 18.2 Å². The van der Waals surface area contributed by atoms with Crippen molar-refractivity contribution in [3.8, 4) is 0 Å². The third-order valence-corrected chi connectivity index (χ3v) is 2.90. The van der Waals surface area contributed by atoms with Gasteiger partial charge in [-0.3, -0.25) is 0 Å². The Balaban J connectivity index is 2.54. The first-order chi connectivity index (χ1) is 9.30. The van der Waals surface area contributed by atoms with E-state index in [-0.39, 0.29) is 16.8 Å². The van der Waals surface area contributed by atoms with Gasteiger partial charge in [-0.25, -0.2) is 4.39 Å². The average molecular weight is 285 g/mol. The van der Waals surface area contributed by atoms with Gasteiger partial charge in [0, 0.05) is 11.3 Å². The van der Waals surface area contributed by atoms with Crippen LogP contribution < -0.4 is 5.73 Å². The van der Waals surface area contributed by atoms with Crippen LogP contribution in [0.3, 0.4) is 0 Å². The number of anilines is 1. The van der Waals surface area contributed by atoms with Crippen LogP contribution in [0.5, 0.6) is 0 Å². The second-order valence-electron chi connectivity index (χ2n) is 4.26. The Labute approximate surface area is 112 Å². The molecule has 0 aliphatic heterocycles. The molecule has 6 heteroatoms. The van der Waals surface area contributed by atoms with Gasteiger partial charge in [-0.05, 0) is 29.8 Å². The summed E-state index contributed by atoms with van der Waals surface area (Å²) < 4.78 is 51.8. The average Bonchev–Trinajstić information content (AvgIpc) is 2.40. The van der Waals surface area contributed by atoms with E-state index in [9.17, 15) is 22.7 Å². The SMILES string of the molecule is Nc1ccc(F)cc1C(O)c1ccccc1C(F)(F)F. The highest BCUT2D eigenvalue weighted by Gasteiger charge is 2.35. The maximum absolute atomic E-state index is 13.2. The fraction of sp³-hybridized carbons (Fsp3) is 0.143. The van der Waals surface area contributed by atoms with Crippen LogP contribution in [0.15, 0.2) is 42.5 Å². The monoisotopic (exact) mass is 285 g/mol. The highest BCUT2D eigenvalue weighted by Crippen LogP contribution is 2.37. The minimum absolute atomic E-state index is 0.0240. The van der Waals surface area contributed by atoms with Crippen molar-refractivity contribution >= 4 is 5.69 Å². The fourth-order valence-corrected chi connectivity index (χ4v) is 1.94. The number of alkyl halides is 3. The summed E-state index contributed by atoms with van der Waals surface area (Å²) in [6, 6.07) is 7.77. The molecule has 3 N–H and O–H groups in total. The molecule has 2 aromatic carbocycles. The van der Waals surface area contributed by atoms with E-state index in [1.54, 1.807) is 0 Å². The predicted octanol–water partition coefficient (Wildman–Crippen LogP) is 3.51. The van der Waals surface area contributed by atoms with Crippen LogP contribution in [-0.4, -0.2) is 5.11 Å². The molecule has 0 aliphatic rings. The molecule has 0 radical (unpaired) electrons. The molecule has 106 valence electrons. The molecule has 0 aromatic heterocycles. The molecule has 1 atom stereocenters. The standard InChI is InChI=1S/C14H11F4NO/c15-8-5-6-12(19)10(7-8)13(20)9-3-1-2-4-11(9)14(16,17)18/h1-7,13,20H,19H2. The first-order valence-corrected chi connectivity index (χ1v) is 5.70. The number of hydrogen-bond donors (Lipinski definition) is 2. The lowest BCUT2D eigenvalue weighted by Crippen LogP contribution is -2.13. The third kappa shape index (κ3) is 2.75. The molecule has 0 saturated heterocycles. The van der Waals surface area contributed by atoms with E-state index >= 15 is 0 Å². The molecule has 0 amide bonds. The van der Waals surface area contributed by atoms with Crippen molar-refractivity contribution in [3.63, 3.8) is 0 Å². The molecule has 0 saturated carbocycles. The van der Waals surface area contributed by atoms with E-state index in [4.69, 9.17) is 5.73 Å². The Morgan fingerprint density at radius 2 is 1.65 bits per heavy atom. The molecule has 2 rings (SSSR count). The van der Waals surface area contributed by atoms with Gasteiger partial charge in [-0.2, -0.15) is 13.2 Å². The number of hydrogen-bond acceptors (Lipinski definition) is 2. The van der Waals surface area contributed by atoms with Gasteiger partial charge in [0.15, 0.2) is 0 Å². The van der Waals surface area contributed by atoms with Crippen molar-refractivity contribution < 1.29 is 22.7 Å². The topological polar surface area (TPSA) is 46.2 Å². The summed E-state index contributed by atoms with van der Waals surface area (Å²) >= 11 is 0. The lowest BCUT2D eigenvalue weighted by molar-refractivity contribution is -0.139. The number of aliphatic hydroxyl groups excluding tert-OH is 1. The Kier molecular flexibility index (Phi) is 3.67. The quantitative estimate of drug-likeness (QED) is 0.655. The highest BCUT2D eigenvalue weighted by atomic mass is 19.4. The third-order valence-electron chi connectivity index (χ3n) is 2.90. The minimum atomic E-state index is -4.61. The van der Waals surface area contributed by atoms with Crippen molar-refractivity contribution in [2.75, 3.05) is 5.73 Å². The molecular weight excluding hydrogens is 274 g/mol. The Morgan fingerprint density at radius 1 is 1.00 bits per heavy atom. The first-order valence-electron chi connectivity index (χ1n) is 5.70. The summed E-state index contributed by atoms with van der Waals surface area (Å²) in [5.74, 6) is -0.683. The number of nitrogen functional groups attached to an aromatic ring is 1. The zero-order chi connectivity index (χ0) is 14.9. The summed E-state index contributed by atoms with van der Waals surface area (Å²) in [7, 11) is 0. The molecule has 0 fully saturated rings. The summed E-state index contributed by atoms with van der Waals surface area (Å²) in [5, 5.41) is 10.1. The van der Waals surface area contributed by atoms with Gasteiger partial charge in [-0.15, -0.1) is 0 Å². The second kappa shape index (κ2) is 5.13.